The summed E-state index contributed by atoms with van der Waals surface area (Å²) in [7, 11) is 0. The average Bonchev–Trinajstić information content (AvgIpc) is 2.40. The highest BCUT2D eigenvalue weighted by atomic mass is 16.2. The average molecular weight is 274 g/mol. The zero-order valence-corrected chi connectivity index (χ0v) is 11.6. The Morgan fingerprint density at radius 3 is 2.70 bits per heavy atom. The van der Waals surface area contributed by atoms with Crippen LogP contribution in [0.5, 0.6) is 0 Å². The minimum Gasteiger partial charge on any atom is -0.395 e. The number of aliphatic hydroxyl groups excluding tert-OH is 1. The molecule has 106 valence electrons. The van der Waals surface area contributed by atoms with Crippen molar-refractivity contribution >= 4 is 11.8 Å². The van der Waals surface area contributed by atoms with Crippen LogP contribution in [0.4, 0.5) is 0 Å². The normalized spacial score (nSPS) is 11.2. The molecule has 0 aromatic heterocycles. The molecule has 5 nitrogen and oxygen atoms in total. The van der Waals surface area contributed by atoms with Crippen LogP contribution < -0.4 is 11.1 Å². The number of amides is 2. The Hall–Kier alpha value is -2.32. The second-order valence-corrected chi connectivity index (χ2v) is 4.40. The summed E-state index contributed by atoms with van der Waals surface area (Å²) in [5.74, 6) is 4.82. The Labute approximate surface area is 118 Å². The fraction of sp³-hybridized carbons (Fsp3) is 0.333. The van der Waals surface area contributed by atoms with Crippen molar-refractivity contribution in [1.29, 1.82) is 0 Å². The molecule has 20 heavy (non-hydrogen) atoms. The number of nitrogens with two attached hydrogens (primary N) is 1. The van der Waals surface area contributed by atoms with Crippen molar-refractivity contribution in [3.8, 4) is 11.8 Å². The summed E-state index contributed by atoms with van der Waals surface area (Å²) in [6.45, 7) is 3.40. The van der Waals surface area contributed by atoms with Crippen LogP contribution in [0, 0.1) is 18.8 Å². The predicted molar refractivity (Wildman–Crippen MR) is 75.9 cm³/mol. The maximum Gasteiger partial charge on any atom is 0.251 e. The number of benzene rings is 1. The van der Waals surface area contributed by atoms with Crippen molar-refractivity contribution in [3.63, 3.8) is 0 Å². The van der Waals surface area contributed by atoms with Crippen LogP contribution >= 0.6 is 0 Å². The summed E-state index contributed by atoms with van der Waals surface area (Å²) in [5, 5.41) is 11.2. The lowest BCUT2D eigenvalue weighted by molar-refractivity contribution is -0.119. The van der Waals surface area contributed by atoms with Gasteiger partial charge in [-0.15, -0.1) is 0 Å². The topological polar surface area (TPSA) is 92.4 Å². The molecule has 0 bridgehead atoms. The van der Waals surface area contributed by atoms with Crippen molar-refractivity contribution in [2.45, 2.75) is 26.3 Å². The van der Waals surface area contributed by atoms with Crippen molar-refractivity contribution < 1.29 is 14.7 Å². The highest BCUT2D eigenvalue weighted by molar-refractivity contribution is 5.97. The van der Waals surface area contributed by atoms with Crippen LogP contribution in [0.3, 0.4) is 0 Å². The lowest BCUT2D eigenvalue weighted by Gasteiger charge is -2.10. The Kier molecular flexibility index (Phi) is 5.75. The van der Waals surface area contributed by atoms with Crippen molar-refractivity contribution in [2.75, 3.05) is 6.61 Å². The van der Waals surface area contributed by atoms with Gasteiger partial charge in [0.2, 0.25) is 5.91 Å². The van der Waals surface area contributed by atoms with Gasteiger partial charge < -0.3 is 16.2 Å². The Balaban J connectivity index is 2.85. The van der Waals surface area contributed by atoms with E-state index in [0.717, 1.165) is 11.1 Å². The Bertz CT molecular complexity index is 570. The minimum atomic E-state index is -0.716. The van der Waals surface area contributed by atoms with E-state index >= 15 is 0 Å². The molecule has 0 heterocycles. The van der Waals surface area contributed by atoms with E-state index in [0.29, 0.717) is 12.0 Å². The van der Waals surface area contributed by atoms with Gasteiger partial charge in [-0.1, -0.05) is 11.8 Å². The molecular weight excluding hydrogens is 256 g/mol. The molecule has 0 saturated heterocycles. The van der Waals surface area contributed by atoms with Crippen LogP contribution in [0.1, 0.15) is 34.8 Å². The first-order valence-electron chi connectivity index (χ1n) is 6.26. The fourth-order valence-corrected chi connectivity index (χ4v) is 1.51. The van der Waals surface area contributed by atoms with E-state index in [1.165, 1.54) is 6.92 Å². The van der Waals surface area contributed by atoms with Gasteiger partial charge in [-0.25, -0.2) is 0 Å². The summed E-state index contributed by atoms with van der Waals surface area (Å²) >= 11 is 0. The number of rotatable bonds is 4. The van der Waals surface area contributed by atoms with Gasteiger partial charge in [0.15, 0.2) is 0 Å². The second-order valence-electron chi connectivity index (χ2n) is 4.40. The number of hydrogen-bond donors (Lipinski definition) is 3. The number of aliphatic hydroxyl groups is 1. The van der Waals surface area contributed by atoms with Gasteiger partial charge in [0.05, 0.1) is 6.61 Å². The molecule has 0 fully saturated rings. The maximum absolute atomic E-state index is 11.9. The van der Waals surface area contributed by atoms with Crippen molar-refractivity contribution in [3.05, 3.63) is 34.9 Å². The van der Waals surface area contributed by atoms with Gasteiger partial charge >= 0.3 is 0 Å². The number of carbonyl (C=O) groups is 2. The first kappa shape index (κ1) is 15.7. The molecular formula is C15H18N2O3. The summed E-state index contributed by atoms with van der Waals surface area (Å²) < 4.78 is 0. The van der Waals surface area contributed by atoms with E-state index in [2.05, 4.69) is 17.2 Å². The molecule has 1 aromatic carbocycles. The van der Waals surface area contributed by atoms with Gasteiger partial charge in [0.25, 0.3) is 5.91 Å². The molecule has 1 aromatic rings. The molecule has 1 unspecified atom stereocenters. The maximum atomic E-state index is 11.9. The quantitative estimate of drug-likeness (QED) is 0.691. The summed E-state index contributed by atoms with van der Waals surface area (Å²) in [6, 6.07) is 4.36. The third kappa shape index (κ3) is 4.41. The number of carbonyl (C=O) groups excluding carboxylic acids is 2. The van der Waals surface area contributed by atoms with Crippen LogP contribution in [-0.2, 0) is 4.79 Å². The zero-order chi connectivity index (χ0) is 15.1. The lowest BCUT2D eigenvalue weighted by Crippen LogP contribution is -2.42. The Morgan fingerprint density at radius 2 is 2.15 bits per heavy atom. The molecule has 1 atom stereocenters. The molecule has 5 heteroatoms. The molecule has 0 aliphatic carbocycles. The molecule has 0 saturated carbocycles. The van der Waals surface area contributed by atoms with Crippen LogP contribution in [-0.4, -0.2) is 29.6 Å². The zero-order valence-electron chi connectivity index (χ0n) is 11.6. The van der Waals surface area contributed by atoms with E-state index in [1.807, 2.05) is 6.92 Å². The molecule has 1 rings (SSSR count). The van der Waals surface area contributed by atoms with Crippen molar-refractivity contribution in [2.24, 2.45) is 5.73 Å². The monoisotopic (exact) mass is 274 g/mol. The van der Waals surface area contributed by atoms with Crippen molar-refractivity contribution in [1.82, 2.24) is 5.32 Å². The summed E-state index contributed by atoms with van der Waals surface area (Å²) in [4.78, 5) is 22.8. The van der Waals surface area contributed by atoms with Gasteiger partial charge in [0.1, 0.15) is 6.04 Å². The highest BCUT2D eigenvalue weighted by Gasteiger charge is 2.14. The third-order valence-corrected chi connectivity index (χ3v) is 2.72. The fourth-order valence-electron chi connectivity index (χ4n) is 1.51. The summed E-state index contributed by atoms with van der Waals surface area (Å²) in [6.07, 6.45) is 0.414. The Morgan fingerprint density at radius 1 is 1.45 bits per heavy atom. The van der Waals surface area contributed by atoms with Gasteiger partial charge in [0, 0.05) is 17.5 Å². The van der Waals surface area contributed by atoms with E-state index < -0.39 is 11.9 Å². The van der Waals surface area contributed by atoms with E-state index in [-0.39, 0.29) is 12.5 Å². The SMILES string of the molecule is Cc1cc(C(=O)NC(C)C(N)=O)ccc1C#CCCO. The van der Waals surface area contributed by atoms with Gasteiger partial charge in [-0.2, -0.15) is 0 Å². The van der Waals surface area contributed by atoms with Crippen LogP contribution in [0.15, 0.2) is 18.2 Å². The number of primary amides is 1. The first-order chi connectivity index (χ1) is 9.45. The smallest absolute Gasteiger partial charge is 0.251 e. The largest absolute Gasteiger partial charge is 0.395 e. The van der Waals surface area contributed by atoms with Crippen LogP contribution in [0.25, 0.3) is 0 Å². The van der Waals surface area contributed by atoms with Gasteiger partial charge in [-0.05, 0) is 37.6 Å². The number of nitrogens with one attached hydrogen (secondary N) is 1. The molecule has 0 spiro atoms. The third-order valence-electron chi connectivity index (χ3n) is 2.72. The lowest BCUT2D eigenvalue weighted by atomic mass is 10.0. The van der Waals surface area contributed by atoms with E-state index in [4.69, 9.17) is 10.8 Å². The second kappa shape index (κ2) is 7.31. The molecule has 0 aliphatic rings. The first-order valence-corrected chi connectivity index (χ1v) is 6.26. The van der Waals surface area contributed by atoms with Crippen LogP contribution in [0.2, 0.25) is 0 Å². The number of aryl methyl sites for hydroxylation is 1. The highest BCUT2D eigenvalue weighted by Crippen LogP contribution is 2.10. The summed E-state index contributed by atoms with van der Waals surface area (Å²) in [5.41, 5.74) is 7.20. The predicted octanol–water partition coefficient (Wildman–Crippen LogP) is 0.333. The number of hydrogen-bond acceptors (Lipinski definition) is 3. The standard InChI is InChI=1S/C15H18N2O3/c1-10-9-13(15(20)17-11(2)14(16)19)7-6-12(10)5-3-4-8-18/h6-7,9,11,18H,4,8H2,1-2H3,(H2,16,19)(H,17,20). The van der Waals surface area contributed by atoms with E-state index in [1.54, 1.807) is 18.2 Å². The molecule has 4 N–H and O–H groups in total. The van der Waals surface area contributed by atoms with E-state index in [9.17, 15) is 9.59 Å². The molecule has 0 radical (unpaired) electrons. The minimum absolute atomic E-state index is 0.0253. The van der Waals surface area contributed by atoms with Gasteiger partial charge in [-0.3, -0.25) is 9.59 Å². The molecule has 0 aliphatic heterocycles. The molecule has 2 amide bonds.